The summed E-state index contributed by atoms with van der Waals surface area (Å²) in [6.45, 7) is 3.65. The molecule has 1 saturated carbocycles. The summed E-state index contributed by atoms with van der Waals surface area (Å²) in [5, 5.41) is 3.07. The summed E-state index contributed by atoms with van der Waals surface area (Å²) in [6, 6.07) is -0.280. The van der Waals surface area contributed by atoms with E-state index in [2.05, 4.69) is 23.9 Å². The van der Waals surface area contributed by atoms with Crippen LogP contribution in [0.3, 0.4) is 0 Å². The Morgan fingerprint density at radius 3 is 2.53 bits per heavy atom. The quantitative estimate of drug-likeness (QED) is 0.415. The van der Waals surface area contributed by atoms with Crippen LogP contribution in [0.15, 0.2) is 42.1 Å². The van der Waals surface area contributed by atoms with Crippen molar-refractivity contribution in [3.05, 3.63) is 41.9 Å². The molecule has 0 aromatic heterocycles. The maximum absolute atomic E-state index is 10.6. The number of ether oxygens (including phenoxy) is 1. The van der Waals surface area contributed by atoms with E-state index >= 15 is 0 Å². The molecule has 17 heavy (non-hydrogen) atoms. The molecule has 0 N–H and O–H groups in total. The molecule has 0 amide bonds. The molecule has 2 fully saturated rings. The van der Waals surface area contributed by atoms with Crippen molar-refractivity contribution in [1.29, 1.82) is 0 Å². The fourth-order valence-corrected chi connectivity index (χ4v) is 2.20. The molecule has 0 radical (unpaired) electrons. The van der Waals surface area contributed by atoms with Crippen LogP contribution in [0.2, 0.25) is 0 Å². The molecule has 92 valence electrons. The number of nitrogens with zero attached hydrogens (tertiary/aromatic N) is 1. The van der Waals surface area contributed by atoms with Crippen LogP contribution in [0, 0.1) is 10.8 Å². The molecule has 2 rings (SSSR count). The molecule has 0 spiro atoms. The maximum Gasteiger partial charge on any atom is 0.124 e. The lowest BCUT2D eigenvalue weighted by molar-refractivity contribution is 0.0971. The molecule has 2 aliphatic rings. The fourth-order valence-electron chi connectivity index (χ4n) is 2.20. The molecule has 0 aromatic carbocycles. The zero-order valence-corrected chi connectivity index (χ0v) is 10.00. The predicted octanol–water partition coefficient (Wildman–Crippen LogP) is 3.38. The highest BCUT2D eigenvalue weighted by molar-refractivity contribution is 5.10. The third-order valence-corrected chi connectivity index (χ3v) is 3.52. The largest absolute Gasteiger partial charge is 0.364 e. The first-order chi connectivity index (χ1) is 8.33. The number of hydrogen-bond donors (Lipinski definition) is 0. The van der Waals surface area contributed by atoms with Crippen molar-refractivity contribution in [3.63, 3.8) is 0 Å². The number of hydrogen-bond acceptors (Lipinski definition) is 3. The van der Waals surface area contributed by atoms with Crippen LogP contribution in [0.4, 0.5) is 0 Å². The van der Waals surface area contributed by atoms with Gasteiger partial charge in [-0.15, -0.1) is 6.58 Å². The molecule has 1 heterocycles. The molecule has 1 saturated heterocycles. The van der Waals surface area contributed by atoms with E-state index in [-0.39, 0.29) is 18.2 Å². The van der Waals surface area contributed by atoms with Gasteiger partial charge in [-0.1, -0.05) is 42.0 Å². The van der Waals surface area contributed by atoms with Crippen molar-refractivity contribution in [2.45, 2.75) is 43.9 Å². The Balaban J connectivity index is 1.79. The van der Waals surface area contributed by atoms with E-state index in [4.69, 9.17) is 4.74 Å². The summed E-state index contributed by atoms with van der Waals surface area (Å²) < 4.78 is 5.63. The second kappa shape index (κ2) is 5.92. The van der Waals surface area contributed by atoms with Gasteiger partial charge in [-0.25, -0.2) is 0 Å². The SMILES string of the molecule is C=CC1OC(/C=C/C=C/C2CCC2)CC1N=O. The highest BCUT2D eigenvalue weighted by atomic mass is 16.5. The molecule has 3 heteroatoms. The van der Waals surface area contributed by atoms with Gasteiger partial charge in [0.05, 0.1) is 6.10 Å². The minimum Gasteiger partial charge on any atom is -0.364 e. The second-order valence-electron chi connectivity index (χ2n) is 4.74. The third-order valence-electron chi connectivity index (χ3n) is 3.52. The average molecular weight is 233 g/mol. The zero-order valence-electron chi connectivity index (χ0n) is 10.00. The van der Waals surface area contributed by atoms with Crippen LogP contribution in [-0.2, 0) is 4.74 Å². The number of nitroso groups, excluding NO2 is 1. The Labute approximate surface area is 102 Å². The van der Waals surface area contributed by atoms with Crippen LogP contribution < -0.4 is 0 Å². The van der Waals surface area contributed by atoms with E-state index in [1.165, 1.54) is 19.3 Å². The van der Waals surface area contributed by atoms with Gasteiger partial charge >= 0.3 is 0 Å². The van der Waals surface area contributed by atoms with E-state index in [0.717, 1.165) is 5.92 Å². The molecule has 3 nitrogen and oxygen atoms in total. The summed E-state index contributed by atoms with van der Waals surface area (Å²) in [5.41, 5.74) is 0. The number of rotatable bonds is 5. The topological polar surface area (TPSA) is 38.7 Å². The van der Waals surface area contributed by atoms with Gasteiger partial charge < -0.3 is 4.74 Å². The molecule has 3 unspecified atom stereocenters. The Bertz CT molecular complexity index is 315. The molecular weight excluding hydrogens is 214 g/mol. The summed E-state index contributed by atoms with van der Waals surface area (Å²) in [6.07, 6.45) is 14.4. The zero-order chi connectivity index (χ0) is 12.1. The Morgan fingerprint density at radius 2 is 2.00 bits per heavy atom. The fraction of sp³-hybridized carbons (Fsp3) is 0.571. The smallest absolute Gasteiger partial charge is 0.124 e. The van der Waals surface area contributed by atoms with Gasteiger partial charge in [-0.3, -0.25) is 0 Å². The Morgan fingerprint density at radius 1 is 1.24 bits per heavy atom. The molecule has 1 aliphatic carbocycles. The summed E-state index contributed by atoms with van der Waals surface area (Å²) in [4.78, 5) is 10.6. The average Bonchev–Trinajstić information content (AvgIpc) is 2.68. The van der Waals surface area contributed by atoms with Crippen LogP contribution in [0.25, 0.3) is 0 Å². The van der Waals surface area contributed by atoms with Gasteiger partial charge in [0.1, 0.15) is 12.1 Å². The van der Waals surface area contributed by atoms with E-state index < -0.39 is 0 Å². The minimum absolute atomic E-state index is 0.00765. The van der Waals surface area contributed by atoms with Crippen molar-refractivity contribution in [1.82, 2.24) is 0 Å². The first-order valence-corrected chi connectivity index (χ1v) is 6.29. The van der Waals surface area contributed by atoms with Crippen LogP contribution >= 0.6 is 0 Å². The van der Waals surface area contributed by atoms with Gasteiger partial charge in [0.15, 0.2) is 0 Å². The molecular formula is C14H19NO2. The van der Waals surface area contributed by atoms with Crippen molar-refractivity contribution in [2.24, 2.45) is 11.1 Å². The van der Waals surface area contributed by atoms with Gasteiger partial charge in [0, 0.05) is 6.42 Å². The van der Waals surface area contributed by atoms with E-state index in [1.807, 2.05) is 12.2 Å². The Kier molecular flexibility index (Phi) is 4.26. The van der Waals surface area contributed by atoms with Gasteiger partial charge in [0.25, 0.3) is 0 Å². The van der Waals surface area contributed by atoms with Gasteiger partial charge in [-0.2, -0.15) is 4.91 Å². The van der Waals surface area contributed by atoms with Gasteiger partial charge in [-0.05, 0) is 18.8 Å². The lowest BCUT2D eigenvalue weighted by Gasteiger charge is -2.20. The first-order valence-electron chi connectivity index (χ1n) is 6.29. The molecule has 1 aliphatic heterocycles. The van der Waals surface area contributed by atoms with E-state index in [0.29, 0.717) is 6.42 Å². The monoisotopic (exact) mass is 233 g/mol. The van der Waals surface area contributed by atoms with Crippen molar-refractivity contribution >= 4 is 0 Å². The predicted molar refractivity (Wildman–Crippen MR) is 68.7 cm³/mol. The van der Waals surface area contributed by atoms with Crippen LogP contribution in [0.1, 0.15) is 25.7 Å². The van der Waals surface area contributed by atoms with Crippen molar-refractivity contribution in [3.8, 4) is 0 Å². The lowest BCUT2D eigenvalue weighted by atomic mass is 9.85. The summed E-state index contributed by atoms with van der Waals surface area (Å²) in [7, 11) is 0. The molecule has 3 atom stereocenters. The van der Waals surface area contributed by atoms with E-state index in [9.17, 15) is 4.91 Å². The molecule has 0 bridgehead atoms. The van der Waals surface area contributed by atoms with Crippen molar-refractivity contribution < 1.29 is 4.74 Å². The van der Waals surface area contributed by atoms with Gasteiger partial charge in [0.2, 0.25) is 0 Å². The lowest BCUT2D eigenvalue weighted by Crippen LogP contribution is -2.15. The van der Waals surface area contributed by atoms with Crippen LogP contribution in [0.5, 0.6) is 0 Å². The summed E-state index contributed by atoms with van der Waals surface area (Å²) >= 11 is 0. The van der Waals surface area contributed by atoms with Crippen molar-refractivity contribution in [2.75, 3.05) is 0 Å². The highest BCUT2D eigenvalue weighted by Gasteiger charge is 2.32. The molecule has 0 aromatic rings. The second-order valence-corrected chi connectivity index (χ2v) is 4.74. The first kappa shape index (κ1) is 12.2. The van der Waals surface area contributed by atoms with E-state index in [1.54, 1.807) is 6.08 Å². The highest BCUT2D eigenvalue weighted by Crippen LogP contribution is 2.27. The Hall–Kier alpha value is -1.22. The van der Waals surface area contributed by atoms with Crippen LogP contribution in [-0.4, -0.2) is 18.2 Å². The third kappa shape index (κ3) is 3.13. The standard InChI is InChI=1S/C14H19NO2/c1-2-14-13(15-16)10-12(17-14)9-4-3-6-11-7-5-8-11/h2-4,6,9,11-14H,1,5,7-8,10H2/b6-3+,9-4+. The summed E-state index contributed by atoms with van der Waals surface area (Å²) in [5.74, 6) is 0.773. The number of allylic oxidation sites excluding steroid dienone is 3. The normalized spacial score (nSPS) is 34.2. The minimum atomic E-state index is -0.280. The maximum atomic E-state index is 10.6.